The normalized spacial score (nSPS) is 20.4. The maximum Gasteiger partial charge on any atom is 0.416 e. The van der Waals surface area contributed by atoms with Gasteiger partial charge in [-0.05, 0) is 31.5 Å². The van der Waals surface area contributed by atoms with E-state index in [1.165, 1.54) is 17.8 Å². The molecule has 6 heteroatoms. The number of rotatable bonds is 1. The Labute approximate surface area is 108 Å². The van der Waals surface area contributed by atoms with Crippen LogP contribution in [0.25, 0.3) is 0 Å². The highest BCUT2D eigenvalue weighted by molar-refractivity contribution is 8.14. The molecular formula is C12H13F3N2S. The number of thioether (sulfide) groups is 1. The molecule has 0 saturated heterocycles. The molecule has 0 aromatic heterocycles. The van der Waals surface area contributed by atoms with Gasteiger partial charge in [-0.1, -0.05) is 17.8 Å². The molecule has 98 valence electrons. The summed E-state index contributed by atoms with van der Waals surface area (Å²) in [5.74, 6) is 0.936. The minimum absolute atomic E-state index is 0.222. The van der Waals surface area contributed by atoms with Crippen molar-refractivity contribution in [2.24, 2.45) is 4.99 Å². The summed E-state index contributed by atoms with van der Waals surface area (Å²) < 4.78 is 37.6. The van der Waals surface area contributed by atoms with Crippen molar-refractivity contribution < 1.29 is 13.2 Å². The standard InChI is InChI=1S/C12H13F3N2S/c1-8-5-6-18-11(16-8)17-10-4-2-3-9(7-10)12(13,14)15/h2-4,7-8H,5-6H2,1H3,(H,16,17). The first-order chi connectivity index (χ1) is 8.45. The lowest BCUT2D eigenvalue weighted by Crippen LogP contribution is -2.18. The average molecular weight is 274 g/mol. The number of anilines is 1. The molecule has 0 spiro atoms. The van der Waals surface area contributed by atoms with Crippen LogP contribution in [0.4, 0.5) is 18.9 Å². The fourth-order valence-electron chi connectivity index (χ4n) is 1.59. The zero-order valence-corrected chi connectivity index (χ0v) is 10.6. The highest BCUT2D eigenvalue weighted by atomic mass is 32.2. The Bertz CT molecular complexity index is 457. The molecule has 1 aromatic carbocycles. The van der Waals surface area contributed by atoms with Gasteiger partial charge >= 0.3 is 6.18 Å². The van der Waals surface area contributed by atoms with Crippen LogP contribution in [0.1, 0.15) is 18.9 Å². The summed E-state index contributed by atoms with van der Waals surface area (Å²) in [6.07, 6.45) is -3.31. The average Bonchev–Trinajstić information content (AvgIpc) is 2.28. The molecular weight excluding hydrogens is 261 g/mol. The third-order valence-electron chi connectivity index (χ3n) is 2.55. The summed E-state index contributed by atoms with van der Waals surface area (Å²) in [6.45, 7) is 1.99. The van der Waals surface area contributed by atoms with Crippen molar-refractivity contribution in [3.8, 4) is 0 Å². The lowest BCUT2D eigenvalue weighted by Gasteiger charge is -2.18. The molecule has 0 aliphatic carbocycles. The van der Waals surface area contributed by atoms with Gasteiger partial charge in [-0.2, -0.15) is 13.2 Å². The van der Waals surface area contributed by atoms with Gasteiger partial charge < -0.3 is 5.32 Å². The fraction of sp³-hybridized carbons (Fsp3) is 0.417. The van der Waals surface area contributed by atoms with Crippen LogP contribution in [-0.4, -0.2) is 17.0 Å². The van der Waals surface area contributed by atoms with Crippen LogP contribution >= 0.6 is 11.8 Å². The van der Waals surface area contributed by atoms with Crippen LogP contribution in [0.5, 0.6) is 0 Å². The Morgan fingerprint density at radius 3 is 2.83 bits per heavy atom. The summed E-state index contributed by atoms with van der Waals surface area (Å²) in [5, 5.41) is 3.62. The lowest BCUT2D eigenvalue weighted by molar-refractivity contribution is -0.137. The van der Waals surface area contributed by atoms with E-state index in [-0.39, 0.29) is 6.04 Å². The van der Waals surface area contributed by atoms with Crippen molar-refractivity contribution in [3.63, 3.8) is 0 Å². The van der Waals surface area contributed by atoms with Gasteiger partial charge in [-0.3, -0.25) is 4.99 Å². The topological polar surface area (TPSA) is 24.4 Å². The van der Waals surface area contributed by atoms with E-state index in [0.717, 1.165) is 24.3 Å². The molecule has 2 rings (SSSR count). The zero-order valence-electron chi connectivity index (χ0n) is 9.79. The molecule has 0 bridgehead atoms. The second kappa shape index (κ2) is 5.22. The summed E-state index contributed by atoms with van der Waals surface area (Å²) in [5.41, 5.74) is -0.230. The molecule has 1 N–H and O–H groups in total. The van der Waals surface area contributed by atoms with Crippen LogP contribution in [-0.2, 0) is 6.18 Å². The van der Waals surface area contributed by atoms with E-state index in [2.05, 4.69) is 10.3 Å². The van der Waals surface area contributed by atoms with Gasteiger partial charge in [0, 0.05) is 11.4 Å². The summed E-state index contributed by atoms with van der Waals surface area (Å²) >= 11 is 1.53. The van der Waals surface area contributed by atoms with Crippen LogP contribution < -0.4 is 5.32 Å². The van der Waals surface area contributed by atoms with E-state index in [1.807, 2.05) is 6.92 Å². The van der Waals surface area contributed by atoms with Crippen molar-refractivity contribution in [2.75, 3.05) is 11.1 Å². The van der Waals surface area contributed by atoms with Gasteiger partial charge in [0.05, 0.1) is 11.6 Å². The number of hydrogen-bond donors (Lipinski definition) is 1. The molecule has 0 amide bonds. The molecule has 1 unspecified atom stereocenters. The third kappa shape index (κ3) is 3.41. The molecule has 1 heterocycles. The zero-order chi connectivity index (χ0) is 13.2. The monoisotopic (exact) mass is 274 g/mol. The first-order valence-electron chi connectivity index (χ1n) is 5.60. The Morgan fingerprint density at radius 1 is 1.39 bits per heavy atom. The molecule has 1 atom stereocenters. The number of benzene rings is 1. The smallest absolute Gasteiger partial charge is 0.335 e. The highest BCUT2D eigenvalue weighted by Gasteiger charge is 2.30. The van der Waals surface area contributed by atoms with Crippen LogP contribution in [0.3, 0.4) is 0 Å². The Kier molecular flexibility index (Phi) is 3.85. The number of nitrogens with one attached hydrogen (secondary N) is 1. The van der Waals surface area contributed by atoms with E-state index in [4.69, 9.17) is 0 Å². The predicted octanol–water partition coefficient (Wildman–Crippen LogP) is 4.00. The molecule has 1 aliphatic rings. The van der Waals surface area contributed by atoms with Crippen molar-refractivity contribution in [2.45, 2.75) is 25.6 Å². The molecule has 1 aliphatic heterocycles. The molecule has 1 aromatic rings. The van der Waals surface area contributed by atoms with E-state index < -0.39 is 11.7 Å². The van der Waals surface area contributed by atoms with Crippen molar-refractivity contribution in [3.05, 3.63) is 29.8 Å². The van der Waals surface area contributed by atoms with Crippen LogP contribution in [0.15, 0.2) is 29.3 Å². The van der Waals surface area contributed by atoms with Crippen LogP contribution in [0.2, 0.25) is 0 Å². The van der Waals surface area contributed by atoms with E-state index in [9.17, 15) is 13.2 Å². The van der Waals surface area contributed by atoms with E-state index in [1.54, 1.807) is 6.07 Å². The van der Waals surface area contributed by atoms with E-state index >= 15 is 0 Å². The number of nitrogens with zero attached hydrogens (tertiary/aromatic N) is 1. The molecule has 0 saturated carbocycles. The Hall–Kier alpha value is -1.17. The first-order valence-corrected chi connectivity index (χ1v) is 6.58. The third-order valence-corrected chi connectivity index (χ3v) is 3.47. The summed E-state index contributed by atoms with van der Waals surface area (Å²) in [6, 6.07) is 5.38. The van der Waals surface area contributed by atoms with E-state index in [0.29, 0.717) is 10.9 Å². The number of alkyl halides is 3. The van der Waals surface area contributed by atoms with Crippen LogP contribution in [0, 0.1) is 0 Å². The number of aliphatic imine (C=N–C) groups is 1. The fourth-order valence-corrected chi connectivity index (χ4v) is 2.69. The lowest BCUT2D eigenvalue weighted by atomic mass is 10.2. The minimum Gasteiger partial charge on any atom is -0.335 e. The quantitative estimate of drug-likeness (QED) is 0.837. The molecule has 18 heavy (non-hydrogen) atoms. The molecule has 2 nitrogen and oxygen atoms in total. The van der Waals surface area contributed by atoms with Gasteiger partial charge in [0.25, 0.3) is 0 Å². The van der Waals surface area contributed by atoms with Gasteiger partial charge in [0.2, 0.25) is 0 Å². The first kappa shape index (κ1) is 13.3. The summed E-state index contributed by atoms with van der Waals surface area (Å²) in [7, 11) is 0. The number of halogens is 3. The van der Waals surface area contributed by atoms with Crippen molar-refractivity contribution in [1.82, 2.24) is 0 Å². The summed E-state index contributed by atoms with van der Waals surface area (Å²) in [4.78, 5) is 4.36. The van der Waals surface area contributed by atoms with Crippen molar-refractivity contribution in [1.29, 1.82) is 0 Å². The maximum absolute atomic E-state index is 12.5. The predicted molar refractivity (Wildman–Crippen MR) is 69.0 cm³/mol. The minimum atomic E-state index is -4.31. The molecule has 0 radical (unpaired) electrons. The maximum atomic E-state index is 12.5. The van der Waals surface area contributed by atoms with Gasteiger partial charge in [0.1, 0.15) is 0 Å². The highest BCUT2D eigenvalue weighted by Crippen LogP contribution is 2.31. The number of hydrogen-bond acceptors (Lipinski definition) is 3. The SMILES string of the molecule is CC1CCSC(Nc2cccc(C(F)(F)F)c2)=N1. The number of amidine groups is 1. The second-order valence-electron chi connectivity index (χ2n) is 4.12. The largest absolute Gasteiger partial charge is 0.416 e. The Morgan fingerprint density at radius 2 is 2.17 bits per heavy atom. The van der Waals surface area contributed by atoms with Gasteiger partial charge in [-0.15, -0.1) is 0 Å². The second-order valence-corrected chi connectivity index (χ2v) is 5.21. The van der Waals surface area contributed by atoms with Crippen molar-refractivity contribution >= 4 is 22.6 Å². The Balaban J connectivity index is 2.15. The molecule has 0 fully saturated rings. The van der Waals surface area contributed by atoms with Gasteiger partial charge in [-0.25, -0.2) is 0 Å². The van der Waals surface area contributed by atoms with Gasteiger partial charge in [0.15, 0.2) is 5.17 Å².